The highest BCUT2D eigenvalue weighted by Gasteiger charge is 2.45. The Hall–Kier alpha value is -8.70. The van der Waals surface area contributed by atoms with Gasteiger partial charge in [0.05, 0.1) is 88.5 Å². The summed E-state index contributed by atoms with van der Waals surface area (Å²) in [4.78, 5) is 184. The Morgan fingerprint density at radius 2 is 1.29 bits per heavy atom. The standard InChI is InChI=1S/C58H86N6O9S.C31H54N6O11.C5H12/c1-13-40(7)53(50(72-12)35-51(68)64-26-17-20-47(64)46(36-65)41(8)48(66)33-44(55-59-25-31-74-55)32-42-18-15-14-16-19-42)61(10)56(69)45(37(2)3)34-49(67)52(38(4)5)62(11)58(71)73-54(43-23-21-39(6)22-24-43)57(70)63-29-27-60(9)28-30-63;1-22(2)29(24(38)21-23(30(43)33-3)5-4-10-35-31(32)44)36-26(40)9-13-45-15-17-47-19-20-48-18-16-46-14-11-34-25(39)8-12-37-27(41)6-7-28(37)42;1-5(2,3)4/h14-16,18-19,21-25,31,37-38,40-41,44-47,50,52-54,65H,13,17,20,26-30,32-36H2,1-12H3;22-23,29H,4-21H2,1-3H3,(H,33,43)(H,34,39)(H,36,40)(H3,32,35,44);1-4H3/t40-,41+,44?,45-,46+,47-,50+,52-,53-,54?;23-,29+;/m01./s1. The van der Waals surface area contributed by atoms with Gasteiger partial charge in [-0.05, 0) is 80.7 Å². The third-order valence-electron chi connectivity index (χ3n) is 23.3. The highest BCUT2D eigenvalue weighted by molar-refractivity contribution is 7.09. The second kappa shape index (κ2) is 58.1. The van der Waals surface area contributed by atoms with Gasteiger partial charge in [-0.15, -0.1) is 11.3 Å². The van der Waals surface area contributed by atoms with Crippen molar-refractivity contribution in [2.75, 3.05) is 147 Å². The van der Waals surface area contributed by atoms with Crippen LogP contribution in [-0.2, 0) is 87.6 Å². The summed E-state index contributed by atoms with van der Waals surface area (Å²) in [7, 11) is 8.26. The van der Waals surface area contributed by atoms with Gasteiger partial charge in [0.1, 0.15) is 5.78 Å². The number of piperazine rings is 1. The van der Waals surface area contributed by atoms with Crippen LogP contribution in [0.25, 0.3) is 0 Å². The predicted octanol–water partition coefficient (Wildman–Crippen LogP) is 9.15. The number of nitrogens with two attached hydrogens (primary N) is 1. The summed E-state index contributed by atoms with van der Waals surface area (Å²) in [6, 6.07) is 14.1. The van der Waals surface area contributed by atoms with Crippen LogP contribution in [0.2, 0.25) is 0 Å². The van der Waals surface area contributed by atoms with E-state index >= 15 is 0 Å². The molecule has 127 heavy (non-hydrogen) atoms. The number of primary amides is 1. The van der Waals surface area contributed by atoms with E-state index in [1.54, 1.807) is 42.3 Å². The number of benzene rings is 2. The van der Waals surface area contributed by atoms with Crippen molar-refractivity contribution in [1.82, 2.24) is 55.7 Å². The molecule has 33 heteroatoms. The molecular weight excluding hydrogens is 1650 g/mol. The Morgan fingerprint density at radius 1 is 0.693 bits per heavy atom. The first-order chi connectivity index (χ1) is 60.2. The number of aliphatic hydroxyl groups excluding tert-OH is 1. The van der Waals surface area contributed by atoms with Crippen molar-refractivity contribution in [3.63, 3.8) is 0 Å². The number of carbonyl (C=O) groups excluding carboxylic acids is 13. The molecule has 0 saturated carbocycles. The number of aryl methyl sites for hydroxylation is 1. The van der Waals surface area contributed by atoms with Crippen molar-refractivity contribution in [2.45, 2.75) is 229 Å². The van der Waals surface area contributed by atoms with E-state index in [0.29, 0.717) is 129 Å². The maximum atomic E-state index is 14.9. The van der Waals surface area contributed by atoms with Crippen LogP contribution in [0.1, 0.15) is 207 Å². The lowest BCUT2D eigenvalue weighted by molar-refractivity contribution is -0.148. The minimum absolute atomic E-state index is 0.0238. The van der Waals surface area contributed by atoms with Crippen molar-refractivity contribution in [1.29, 1.82) is 0 Å². The number of nitrogens with one attached hydrogen (secondary N) is 4. The molecular formula is C94H152N12O20S. The van der Waals surface area contributed by atoms with Crippen molar-refractivity contribution in [3.05, 3.63) is 87.9 Å². The first-order valence-electron chi connectivity index (χ1n) is 45.3. The number of rotatable bonds is 54. The fourth-order valence-electron chi connectivity index (χ4n) is 15.9. The molecule has 7 N–H and O–H groups in total. The number of aromatic nitrogens is 1. The van der Waals surface area contributed by atoms with Gasteiger partial charge >= 0.3 is 12.1 Å². The average Bonchev–Trinajstić information content (AvgIpc) is 1.71. The smallest absolute Gasteiger partial charge is 0.411 e. The maximum Gasteiger partial charge on any atom is 0.411 e. The zero-order chi connectivity index (χ0) is 94.6. The number of hydrogen-bond donors (Lipinski definition) is 6. The van der Waals surface area contributed by atoms with Crippen LogP contribution in [0.15, 0.2) is 66.2 Å². The Kier molecular flexibility index (Phi) is 50.6. The van der Waals surface area contributed by atoms with Gasteiger partial charge < -0.3 is 85.0 Å². The van der Waals surface area contributed by atoms with E-state index in [1.165, 1.54) is 30.3 Å². The molecule has 4 heterocycles. The lowest BCUT2D eigenvalue weighted by atomic mass is 9.80. The fourth-order valence-corrected chi connectivity index (χ4v) is 16.6. The van der Waals surface area contributed by atoms with E-state index in [0.717, 1.165) is 27.5 Å². The number of Topliss-reactive ketones (excluding diaryl/α,β-unsaturated/α-hetero) is 3. The second-order valence-electron chi connectivity index (χ2n) is 36.2. The largest absolute Gasteiger partial charge is 0.431 e. The summed E-state index contributed by atoms with van der Waals surface area (Å²) in [5.74, 6) is -6.03. The van der Waals surface area contributed by atoms with Crippen LogP contribution in [0.3, 0.4) is 0 Å². The Labute approximate surface area is 758 Å². The minimum atomic E-state index is -1.21. The molecule has 3 aliphatic heterocycles. The average molecular weight is 1800 g/mol. The molecule has 32 nitrogen and oxygen atoms in total. The highest BCUT2D eigenvalue weighted by Crippen LogP contribution is 2.36. The number of likely N-dealkylation sites (N-methyl/N-ethyl adjacent to an activating group) is 3. The minimum Gasteiger partial charge on any atom is -0.431 e. The van der Waals surface area contributed by atoms with Gasteiger partial charge in [0.15, 0.2) is 11.6 Å². The monoisotopic (exact) mass is 1800 g/mol. The van der Waals surface area contributed by atoms with Crippen molar-refractivity contribution < 1.29 is 95.9 Å². The molecule has 3 aliphatic rings. The van der Waals surface area contributed by atoms with Gasteiger partial charge in [-0.3, -0.25) is 57.6 Å². The topological polar surface area (TPSA) is 404 Å². The number of carbonyl (C=O) groups is 13. The number of nitrogens with zero attached hydrogens (tertiary/aromatic N) is 7. The lowest BCUT2D eigenvalue weighted by Gasteiger charge is -2.41. The molecule has 12 atom stereocenters. The molecule has 6 rings (SSSR count). The summed E-state index contributed by atoms with van der Waals surface area (Å²) < 4.78 is 33.9. The normalized spacial score (nSPS) is 16.9. The summed E-state index contributed by atoms with van der Waals surface area (Å²) in [5.41, 5.74) is 8.20. The molecule has 0 aliphatic carbocycles. The first-order valence-corrected chi connectivity index (χ1v) is 46.2. The highest BCUT2D eigenvalue weighted by atomic mass is 32.1. The fraction of sp³-hybridized carbons (Fsp3) is 0.702. The Morgan fingerprint density at radius 3 is 1.83 bits per heavy atom. The second-order valence-corrected chi connectivity index (χ2v) is 37.2. The van der Waals surface area contributed by atoms with E-state index < -0.39 is 66.1 Å². The van der Waals surface area contributed by atoms with Gasteiger partial charge in [-0.1, -0.05) is 157 Å². The predicted molar refractivity (Wildman–Crippen MR) is 487 cm³/mol. The molecule has 3 saturated heterocycles. The van der Waals surface area contributed by atoms with Crippen LogP contribution in [0.4, 0.5) is 9.59 Å². The SMILES string of the molecule is CC(C)(C)C.CC[C@H](C)[C@@H]([C@@H](CC(=O)N1CCC[C@H]1[C@H](CO)[C@@H](C)C(=O)CC(Cc1ccccc1)c1nccs1)OC)N(C)C(=O)[C@@H](CC(=O)[C@H](C(C)C)N(C)C(=O)OC(C(=O)N1CCN(C)CC1)c1ccc(C)cc1)C(C)C.CNC(=O)[C@H](CCCNC(N)=O)CC(=O)[C@@H](NC(=O)CCOCCOCCOCCOCCNC(=O)CCN1C(=O)CCC1=O)C(C)C. The molecule has 2 unspecified atom stereocenters. The van der Waals surface area contributed by atoms with Gasteiger partial charge in [0, 0.05) is 185 Å². The van der Waals surface area contributed by atoms with Gasteiger partial charge in [-0.2, -0.15) is 0 Å². The Bertz CT molecular complexity index is 3840. The molecule has 3 fully saturated rings. The quantitative estimate of drug-likeness (QED) is 0.0226. The van der Waals surface area contributed by atoms with Crippen molar-refractivity contribution in [3.8, 4) is 0 Å². The van der Waals surface area contributed by atoms with Crippen LogP contribution in [0.5, 0.6) is 0 Å². The molecule has 3 aromatic rings. The van der Waals surface area contributed by atoms with E-state index in [-0.39, 0.29) is 178 Å². The van der Waals surface area contributed by atoms with Crippen LogP contribution < -0.4 is 27.0 Å². The number of aliphatic hydroxyl groups is 1. The lowest BCUT2D eigenvalue weighted by Crippen LogP contribution is -2.54. The number of amides is 11. The summed E-state index contributed by atoms with van der Waals surface area (Å²) in [6.45, 7) is 33.4. The van der Waals surface area contributed by atoms with Crippen LogP contribution >= 0.6 is 11.3 Å². The van der Waals surface area contributed by atoms with Crippen molar-refractivity contribution >= 4 is 88.1 Å². The molecule has 2 aromatic carbocycles. The number of likely N-dealkylation sites (tertiary alicyclic amines) is 2. The number of urea groups is 1. The Balaban J connectivity index is 0.000000549. The van der Waals surface area contributed by atoms with Crippen LogP contribution in [0, 0.1) is 59.7 Å². The molecule has 0 bridgehead atoms. The molecule has 0 radical (unpaired) electrons. The number of thiazole rings is 1. The number of ether oxygens (including phenoxy) is 6. The summed E-state index contributed by atoms with van der Waals surface area (Å²) in [6.07, 6.45) is 3.16. The first kappa shape index (κ1) is 111. The van der Waals surface area contributed by atoms with Crippen LogP contribution in [-0.4, -0.2) is 294 Å². The molecule has 1 aromatic heterocycles. The number of ketones is 3. The number of imide groups is 1. The zero-order valence-electron chi connectivity index (χ0n) is 79.3. The molecule has 11 amide bonds. The molecule has 0 spiro atoms. The van der Waals surface area contributed by atoms with E-state index in [2.05, 4.69) is 71.0 Å². The third-order valence-corrected chi connectivity index (χ3v) is 24.2. The summed E-state index contributed by atoms with van der Waals surface area (Å²) in [5, 5.41) is 24.2. The van der Waals surface area contributed by atoms with Gasteiger partial charge in [-0.25, -0.2) is 14.6 Å². The van der Waals surface area contributed by atoms with E-state index in [1.807, 2.05) is 117 Å². The summed E-state index contributed by atoms with van der Waals surface area (Å²) >= 11 is 1.53. The number of methoxy groups -OCH3 is 1. The third kappa shape index (κ3) is 39.3. The zero-order valence-corrected chi connectivity index (χ0v) is 80.1. The number of hydrogen-bond acceptors (Lipinski definition) is 23. The van der Waals surface area contributed by atoms with Gasteiger partial charge in [0.25, 0.3) is 5.91 Å². The van der Waals surface area contributed by atoms with E-state index in [4.69, 9.17) is 34.2 Å². The van der Waals surface area contributed by atoms with Crippen molar-refractivity contribution in [2.24, 2.45) is 58.5 Å². The maximum absolute atomic E-state index is 14.9. The van der Waals surface area contributed by atoms with Gasteiger partial charge in [0.2, 0.25) is 47.5 Å². The van der Waals surface area contributed by atoms with E-state index in [9.17, 15) is 67.4 Å². The molecule has 714 valence electrons.